The fourth-order valence-electron chi connectivity index (χ4n) is 1.49. The average Bonchev–Trinajstić information content (AvgIpc) is 2.21. The molecular weight excluding hydrogens is 198 g/mol. The van der Waals surface area contributed by atoms with Gasteiger partial charge in [0, 0.05) is 6.04 Å². The monoisotopic (exact) mass is 225 g/mol. The van der Waals surface area contributed by atoms with E-state index in [0.29, 0.717) is 6.04 Å². The lowest BCUT2D eigenvalue weighted by atomic mass is 9.90. The fourth-order valence-corrected chi connectivity index (χ4v) is 1.49. The van der Waals surface area contributed by atoms with Gasteiger partial charge >= 0.3 is 0 Å². The summed E-state index contributed by atoms with van der Waals surface area (Å²) in [5, 5.41) is 12.4. The number of nitriles is 1. The minimum atomic E-state index is -0.172. The maximum atomic E-state index is 8.87. The number of nitrogens with one attached hydrogen (secondary N) is 1. The normalized spacial score (nSPS) is 13.8. The van der Waals surface area contributed by atoms with Crippen molar-refractivity contribution >= 4 is 0 Å². The molecular formula is C13H27N3. The van der Waals surface area contributed by atoms with Crippen LogP contribution in [-0.2, 0) is 0 Å². The minimum absolute atomic E-state index is 0.172. The second-order valence-corrected chi connectivity index (χ2v) is 5.55. The quantitative estimate of drug-likeness (QED) is 0.644. The Kier molecular flexibility index (Phi) is 7.36. The third-order valence-electron chi connectivity index (χ3n) is 2.78. The van der Waals surface area contributed by atoms with Crippen LogP contribution in [0.4, 0.5) is 0 Å². The Morgan fingerprint density at radius 3 is 2.50 bits per heavy atom. The van der Waals surface area contributed by atoms with Crippen molar-refractivity contribution in [1.82, 2.24) is 10.2 Å². The first-order valence-corrected chi connectivity index (χ1v) is 6.17. The van der Waals surface area contributed by atoms with Crippen molar-refractivity contribution in [3.05, 3.63) is 0 Å². The highest BCUT2D eigenvalue weighted by atomic mass is 15.1. The van der Waals surface area contributed by atoms with Crippen molar-refractivity contribution in [1.29, 1.82) is 5.26 Å². The van der Waals surface area contributed by atoms with Crippen LogP contribution in [-0.4, -0.2) is 38.1 Å². The predicted octanol–water partition coefficient (Wildman–Crippen LogP) is 2.25. The van der Waals surface area contributed by atoms with Crippen molar-refractivity contribution in [3.8, 4) is 6.07 Å². The first-order valence-electron chi connectivity index (χ1n) is 6.17. The second-order valence-electron chi connectivity index (χ2n) is 5.55. The molecule has 0 amide bonds. The Morgan fingerprint density at radius 2 is 2.00 bits per heavy atom. The molecule has 0 rings (SSSR count). The van der Waals surface area contributed by atoms with Crippen LogP contribution in [0.5, 0.6) is 0 Å². The van der Waals surface area contributed by atoms with Crippen molar-refractivity contribution in [2.24, 2.45) is 5.41 Å². The van der Waals surface area contributed by atoms with Crippen molar-refractivity contribution in [3.63, 3.8) is 0 Å². The highest BCUT2D eigenvalue weighted by Gasteiger charge is 2.15. The van der Waals surface area contributed by atoms with E-state index in [4.69, 9.17) is 5.26 Å². The summed E-state index contributed by atoms with van der Waals surface area (Å²) in [6, 6.07) is 2.90. The van der Waals surface area contributed by atoms with Gasteiger partial charge in [0.1, 0.15) is 0 Å². The van der Waals surface area contributed by atoms with Gasteiger partial charge in [-0.2, -0.15) is 5.26 Å². The van der Waals surface area contributed by atoms with E-state index in [1.807, 2.05) is 13.8 Å². The topological polar surface area (TPSA) is 39.1 Å². The van der Waals surface area contributed by atoms with E-state index in [1.165, 1.54) is 6.42 Å². The van der Waals surface area contributed by atoms with Gasteiger partial charge in [-0.1, -0.05) is 0 Å². The molecule has 3 heteroatoms. The molecule has 0 aromatic heterocycles. The molecule has 0 aromatic carbocycles. The summed E-state index contributed by atoms with van der Waals surface area (Å²) in [5.41, 5.74) is -0.172. The third-order valence-corrected chi connectivity index (χ3v) is 2.78. The molecule has 0 fully saturated rings. The van der Waals surface area contributed by atoms with E-state index in [-0.39, 0.29) is 5.41 Å². The van der Waals surface area contributed by atoms with Crippen LogP contribution in [0.15, 0.2) is 0 Å². The summed E-state index contributed by atoms with van der Waals surface area (Å²) in [7, 11) is 4.20. The molecule has 0 saturated carbocycles. The second kappa shape index (κ2) is 7.65. The zero-order valence-corrected chi connectivity index (χ0v) is 11.5. The number of nitrogens with zero attached hydrogens (tertiary/aromatic N) is 2. The largest absolute Gasteiger partial charge is 0.314 e. The van der Waals surface area contributed by atoms with Gasteiger partial charge in [-0.3, -0.25) is 0 Å². The van der Waals surface area contributed by atoms with Crippen LogP contribution in [0.2, 0.25) is 0 Å². The highest BCUT2D eigenvalue weighted by molar-refractivity contribution is 4.91. The Labute approximate surface area is 101 Å². The molecule has 0 aliphatic heterocycles. The fraction of sp³-hybridized carbons (Fsp3) is 0.923. The predicted molar refractivity (Wildman–Crippen MR) is 69.3 cm³/mol. The van der Waals surface area contributed by atoms with E-state index in [2.05, 4.69) is 37.3 Å². The van der Waals surface area contributed by atoms with Gasteiger partial charge in [0.05, 0.1) is 11.5 Å². The molecule has 0 aliphatic rings. The summed E-state index contributed by atoms with van der Waals surface area (Å²) in [5.74, 6) is 0. The van der Waals surface area contributed by atoms with Gasteiger partial charge in [0.25, 0.3) is 0 Å². The molecule has 16 heavy (non-hydrogen) atoms. The van der Waals surface area contributed by atoms with E-state index >= 15 is 0 Å². The maximum absolute atomic E-state index is 8.87. The van der Waals surface area contributed by atoms with E-state index < -0.39 is 0 Å². The van der Waals surface area contributed by atoms with Gasteiger partial charge in [-0.05, 0) is 67.2 Å². The summed E-state index contributed by atoms with van der Waals surface area (Å²) in [6.45, 7) is 8.36. The summed E-state index contributed by atoms with van der Waals surface area (Å²) in [6.07, 6.45) is 3.22. The van der Waals surface area contributed by atoms with E-state index in [1.54, 1.807) is 0 Å². The lowest BCUT2D eigenvalue weighted by Crippen LogP contribution is -2.31. The third kappa shape index (κ3) is 8.70. The standard InChI is InChI=1S/C13H27N3/c1-12(7-10-16(4)5)15-9-6-8-13(2,3)11-14/h12,15H,6-10H2,1-5H3. The average molecular weight is 225 g/mol. The Hall–Kier alpha value is -0.590. The number of hydrogen-bond donors (Lipinski definition) is 1. The molecule has 1 N–H and O–H groups in total. The summed E-state index contributed by atoms with van der Waals surface area (Å²) in [4.78, 5) is 2.21. The summed E-state index contributed by atoms with van der Waals surface area (Å²) < 4.78 is 0. The SMILES string of the molecule is CC(CCN(C)C)NCCCC(C)(C)C#N. The molecule has 94 valence electrons. The summed E-state index contributed by atoms with van der Waals surface area (Å²) >= 11 is 0. The van der Waals surface area contributed by atoms with Crippen LogP contribution in [0.3, 0.4) is 0 Å². The molecule has 0 bridgehead atoms. The zero-order chi connectivity index (χ0) is 12.6. The van der Waals surface area contributed by atoms with Crippen LogP contribution in [0.25, 0.3) is 0 Å². The Balaban J connectivity index is 3.49. The first kappa shape index (κ1) is 15.4. The molecule has 0 heterocycles. The Morgan fingerprint density at radius 1 is 1.38 bits per heavy atom. The van der Waals surface area contributed by atoms with Crippen molar-refractivity contribution in [2.45, 2.75) is 46.1 Å². The minimum Gasteiger partial charge on any atom is -0.314 e. The van der Waals surface area contributed by atoms with Crippen LogP contribution < -0.4 is 5.32 Å². The lowest BCUT2D eigenvalue weighted by Gasteiger charge is -2.18. The Bertz CT molecular complexity index is 216. The molecule has 0 radical (unpaired) electrons. The molecule has 0 aliphatic carbocycles. The lowest BCUT2D eigenvalue weighted by molar-refractivity contribution is 0.358. The molecule has 0 aromatic rings. The maximum Gasteiger partial charge on any atom is 0.0683 e. The zero-order valence-electron chi connectivity index (χ0n) is 11.5. The van der Waals surface area contributed by atoms with E-state index in [0.717, 1.165) is 25.9 Å². The molecule has 1 unspecified atom stereocenters. The van der Waals surface area contributed by atoms with Gasteiger partial charge in [0.15, 0.2) is 0 Å². The van der Waals surface area contributed by atoms with Crippen molar-refractivity contribution in [2.75, 3.05) is 27.2 Å². The number of rotatable bonds is 8. The van der Waals surface area contributed by atoms with Gasteiger partial charge in [-0.25, -0.2) is 0 Å². The van der Waals surface area contributed by atoms with Crippen LogP contribution >= 0.6 is 0 Å². The molecule has 0 saturated heterocycles. The first-order chi connectivity index (χ1) is 7.37. The number of hydrogen-bond acceptors (Lipinski definition) is 3. The van der Waals surface area contributed by atoms with Crippen molar-refractivity contribution < 1.29 is 0 Å². The van der Waals surface area contributed by atoms with Crippen LogP contribution in [0.1, 0.15) is 40.0 Å². The highest BCUT2D eigenvalue weighted by Crippen LogP contribution is 2.19. The van der Waals surface area contributed by atoms with Gasteiger partial charge < -0.3 is 10.2 Å². The van der Waals surface area contributed by atoms with E-state index in [9.17, 15) is 0 Å². The molecule has 0 spiro atoms. The smallest absolute Gasteiger partial charge is 0.0683 e. The van der Waals surface area contributed by atoms with Gasteiger partial charge in [-0.15, -0.1) is 0 Å². The molecule has 3 nitrogen and oxygen atoms in total. The van der Waals surface area contributed by atoms with Gasteiger partial charge in [0.2, 0.25) is 0 Å². The molecule has 1 atom stereocenters. The van der Waals surface area contributed by atoms with Crippen LogP contribution in [0, 0.1) is 16.7 Å².